The van der Waals surface area contributed by atoms with Crippen molar-refractivity contribution in [2.75, 3.05) is 19.6 Å². The summed E-state index contributed by atoms with van der Waals surface area (Å²) in [7, 11) is 0. The number of thioether (sulfide) groups is 1. The third-order valence-corrected chi connectivity index (χ3v) is 6.95. The van der Waals surface area contributed by atoms with Crippen LogP contribution in [0.1, 0.15) is 45.2 Å². The maximum atomic E-state index is 3.86. The Morgan fingerprint density at radius 2 is 2.30 bits per heavy atom. The van der Waals surface area contributed by atoms with Crippen LogP contribution in [0.3, 0.4) is 0 Å². The Kier molecular flexibility index (Phi) is 4.75. The van der Waals surface area contributed by atoms with Crippen molar-refractivity contribution >= 4 is 23.1 Å². The zero-order valence-corrected chi connectivity index (χ0v) is 14.4. The van der Waals surface area contributed by atoms with E-state index in [9.17, 15) is 0 Å². The van der Waals surface area contributed by atoms with Gasteiger partial charge in [0.15, 0.2) is 0 Å². The highest BCUT2D eigenvalue weighted by molar-refractivity contribution is 8.01. The van der Waals surface area contributed by atoms with Gasteiger partial charge in [-0.3, -0.25) is 0 Å². The molecule has 0 aromatic carbocycles. The van der Waals surface area contributed by atoms with Gasteiger partial charge in [0.05, 0.1) is 4.21 Å². The summed E-state index contributed by atoms with van der Waals surface area (Å²) in [6, 6.07) is 3.61. The van der Waals surface area contributed by atoms with E-state index in [1.165, 1.54) is 36.7 Å². The molecule has 1 aromatic heterocycles. The Bertz CT molecular complexity index is 443. The molecule has 3 atom stereocenters. The van der Waals surface area contributed by atoms with Crippen LogP contribution in [0.15, 0.2) is 15.7 Å². The first-order valence-corrected chi connectivity index (χ1v) is 9.61. The highest BCUT2D eigenvalue weighted by atomic mass is 32.2. The van der Waals surface area contributed by atoms with Gasteiger partial charge in [0.2, 0.25) is 0 Å². The number of hydrogen-bond acceptors (Lipinski definition) is 4. The molecular formula is C16H26N2S2. The molecule has 2 unspecified atom stereocenters. The quantitative estimate of drug-likeness (QED) is 0.905. The van der Waals surface area contributed by atoms with E-state index in [-0.39, 0.29) is 0 Å². The molecule has 2 aliphatic heterocycles. The van der Waals surface area contributed by atoms with E-state index in [2.05, 4.69) is 54.2 Å². The standard InChI is InChI=1S/C16H26N2S2/c1-11(2)18-6-4-13(10-18)9-17-15-8-12(3)20-16-14(15)5-7-19-16/h5,7,11-13,15,17H,4,6,8-10H2,1-3H3/t12-,13?,15?/m0/s1. The second-order valence-electron chi connectivity index (χ2n) is 6.53. The maximum Gasteiger partial charge on any atom is 0.0649 e. The molecule has 1 N–H and O–H groups in total. The molecule has 1 fully saturated rings. The van der Waals surface area contributed by atoms with Gasteiger partial charge in [-0.15, -0.1) is 23.1 Å². The van der Waals surface area contributed by atoms with E-state index in [0.717, 1.165) is 11.2 Å². The van der Waals surface area contributed by atoms with Crippen molar-refractivity contribution in [2.24, 2.45) is 5.92 Å². The average Bonchev–Trinajstić information content (AvgIpc) is 3.04. The molecular weight excluding hydrogens is 284 g/mol. The molecule has 2 nitrogen and oxygen atoms in total. The van der Waals surface area contributed by atoms with Gasteiger partial charge < -0.3 is 10.2 Å². The average molecular weight is 311 g/mol. The van der Waals surface area contributed by atoms with Gasteiger partial charge in [-0.2, -0.15) is 0 Å². The molecule has 2 aliphatic rings. The first-order chi connectivity index (χ1) is 9.63. The summed E-state index contributed by atoms with van der Waals surface area (Å²) in [5.41, 5.74) is 1.55. The van der Waals surface area contributed by atoms with Crippen LogP contribution in [-0.2, 0) is 0 Å². The Hall–Kier alpha value is -0.0300. The minimum Gasteiger partial charge on any atom is -0.310 e. The van der Waals surface area contributed by atoms with Crippen molar-refractivity contribution in [1.29, 1.82) is 0 Å². The monoisotopic (exact) mass is 310 g/mol. The lowest BCUT2D eigenvalue weighted by atomic mass is 10.0. The van der Waals surface area contributed by atoms with Crippen LogP contribution < -0.4 is 5.32 Å². The van der Waals surface area contributed by atoms with Crippen LogP contribution in [0.25, 0.3) is 0 Å². The summed E-state index contributed by atoms with van der Waals surface area (Å²) in [6.45, 7) is 10.7. The fourth-order valence-corrected chi connectivity index (χ4v) is 5.92. The van der Waals surface area contributed by atoms with Crippen LogP contribution in [0.5, 0.6) is 0 Å². The number of nitrogens with one attached hydrogen (secondary N) is 1. The van der Waals surface area contributed by atoms with Crippen LogP contribution in [0, 0.1) is 5.92 Å². The predicted octanol–water partition coefficient (Wildman–Crippen LogP) is 3.99. The van der Waals surface area contributed by atoms with Crippen LogP contribution in [-0.4, -0.2) is 35.8 Å². The van der Waals surface area contributed by atoms with Crippen LogP contribution in [0.4, 0.5) is 0 Å². The molecule has 112 valence electrons. The van der Waals surface area contributed by atoms with Gasteiger partial charge in [-0.1, -0.05) is 6.92 Å². The molecule has 0 spiro atoms. The SMILES string of the molecule is CC(C)N1CCC(CNC2C[C@H](C)Sc3sccc32)C1. The van der Waals surface area contributed by atoms with Gasteiger partial charge in [0, 0.05) is 23.9 Å². The zero-order chi connectivity index (χ0) is 14.1. The van der Waals surface area contributed by atoms with Crippen molar-refractivity contribution in [3.8, 4) is 0 Å². The summed E-state index contributed by atoms with van der Waals surface area (Å²) >= 11 is 3.96. The lowest BCUT2D eigenvalue weighted by Gasteiger charge is -2.29. The number of nitrogens with zero attached hydrogens (tertiary/aromatic N) is 1. The summed E-state index contributed by atoms with van der Waals surface area (Å²) in [5.74, 6) is 0.837. The second kappa shape index (κ2) is 6.39. The zero-order valence-electron chi connectivity index (χ0n) is 12.8. The second-order valence-corrected chi connectivity index (χ2v) is 9.16. The first kappa shape index (κ1) is 14.9. The molecule has 20 heavy (non-hydrogen) atoms. The Balaban J connectivity index is 1.55. The minimum atomic E-state index is 0.584. The summed E-state index contributed by atoms with van der Waals surface area (Å²) < 4.78 is 1.54. The third kappa shape index (κ3) is 3.24. The smallest absolute Gasteiger partial charge is 0.0649 e. The molecule has 0 amide bonds. The molecule has 0 aliphatic carbocycles. The van der Waals surface area contributed by atoms with E-state index in [1.807, 2.05) is 11.3 Å². The fraction of sp³-hybridized carbons (Fsp3) is 0.750. The van der Waals surface area contributed by atoms with E-state index < -0.39 is 0 Å². The molecule has 3 heterocycles. The lowest BCUT2D eigenvalue weighted by molar-refractivity contribution is 0.262. The van der Waals surface area contributed by atoms with E-state index >= 15 is 0 Å². The molecule has 0 bridgehead atoms. The minimum absolute atomic E-state index is 0.584. The molecule has 0 radical (unpaired) electrons. The molecule has 3 rings (SSSR count). The molecule has 1 aromatic rings. The number of thiophene rings is 1. The van der Waals surface area contributed by atoms with E-state index in [0.29, 0.717) is 12.1 Å². The number of rotatable bonds is 4. The fourth-order valence-electron chi connectivity index (χ4n) is 3.35. The van der Waals surface area contributed by atoms with Gasteiger partial charge >= 0.3 is 0 Å². The predicted molar refractivity (Wildman–Crippen MR) is 89.8 cm³/mol. The van der Waals surface area contributed by atoms with Crippen molar-refractivity contribution < 1.29 is 0 Å². The lowest BCUT2D eigenvalue weighted by Crippen LogP contribution is -2.33. The maximum absolute atomic E-state index is 3.86. The molecule has 0 saturated carbocycles. The molecule has 1 saturated heterocycles. The Labute approximate surface area is 131 Å². The summed E-state index contributed by atoms with van der Waals surface area (Å²) in [5, 5.41) is 6.86. The van der Waals surface area contributed by atoms with Crippen molar-refractivity contribution in [1.82, 2.24) is 10.2 Å². The van der Waals surface area contributed by atoms with Crippen LogP contribution >= 0.6 is 23.1 Å². The van der Waals surface area contributed by atoms with Gasteiger partial charge in [0.25, 0.3) is 0 Å². The third-order valence-electron chi connectivity index (χ3n) is 4.61. The number of fused-ring (bicyclic) bond motifs is 1. The number of hydrogen-bond donors (Lipinski definition) is 1. The van der Waals surface area contributed by atoms with Crippen molar-refractivity contribution in [3.05, 3.63) is 17.0 Å². The highest BCUT2D eigenvalue weighted by Crippen LogP contribution is 2.43. The van der Waals surface area contributed by atoms with Gasteiger partial charge in [-0.25, -0.2) is 0 Å². The van der Waals surface area contributed by atoms with Crippen molar-refractivity contribution in [3.63, 3.8) is 0 Å². The Morgan fingerprint density at radius 3 is 3.05 bits per heavy atom. The largest absolute Gasteiger partial charge is 0.310 e. The van der Waals surface area contributed by atoms with Crippen LogP contribution in [0.2, 0.25) is 0 Å². The number of likely N-dealkylation sites (tertiary alicyclic amines) is 1. The van der Waals surface area contributed by atoms with E-state index in [1.54, 1.807) is 5.56 Å². The topological polar surface area (TPSA) is 15.3 Å². The van der Waals surface area contributed by atoms with Gasteiger partial charge in [-0.05, 0) is 62.7 Å². The summed E-state index contributed by atoms with van der Waals surface area (Å²) in [4.78, 5) is 2.61. The van der Waals surface area contributed by atoms with Gasteiger partial charge in [0.1, 0.15) is 0 Å². The Morgan fingerprint density at radius 1 is 1.45 bits per heavy atom. The summed E-state index contributed by atoms with van der Waals surface area (Å²) in [6.07, 6.45) is 2.63. The van der Waals surface area contributed by atoms with E-state index in [4.69, 9.17) is 0 Å². The highest BCUT2D eigenvalue weighted by Gasteiger charge is 2.28. The molecule has 4 heteroatoms. The van der Waals surface area contributed by atoms with Crippen molar-refractivity contribution in [2.45, 2.75) is 55.2 Å². The first-order valence-electron chi connectivity index (χ1n) is 7.85. The normalized spacial score (nSPS) is 30.9.